The average molecular weight is 283 g/mol. The van der Waals surface area contributed by atoms with Crippen LogP contribution < -0.4 is 0 Å². The number of hydrogen-bond donors (Lipinski definition) is 1. The Balaban J connectivity index is 1.94. The van der Waals surface area contributed by atoms with E-state index >= 15 is 0 Å². The molecule has 1 aliphatic heterocycles. The summed E-state index contributed by atoms with van der Waals surface area (Å²) in [6.07, 6.45) is 2.05. The number of halogens is 2. The van der Waals surface area contributed by atoms with Crippen LogP contribution in [-0.2, 0) is 6.42 Å². The molecule has 1 aromatic carbocycles. The molecule has 1 aliphatic rings. The SMILES string of the molecule is CC1(C)CC(O)CCN(CCc2ccc(F)c(F)c2)C1. The molecule has 0 aliphatic carbocycles. The van der Waals surface area contributed by atoms with Crippen LogP contribution in [0.15, 0.2) is 18.2 Å². The van der Waals surface area contributed by atoms with Gasteiger partial charge in [0, 0.05) is 19.6 Å². The minimum absolute atomic E-state index is 0.0873. The normalized spacial score (nSPS) is 23.6. The van der Waals surface area contributed by atoms with Crippen molar-refractivity contribution in [2.75, 3.05) is 19.6 Å². The maximum atomic E-state index is 13.2. The Bertz CT molecular complexity index is 462. The average Bonchev–Trinajstić information content (AvgIpc) is 2.48. The van der Waals surface area contributed by atoms with Gasteiger partial charge in [0.2, 0.25) is 0 Å². The first-order valence-corrected chi connectivity index (χ1v) is 7.20. The van der Waals surface area contributed by atoms with Crippen molar-refractivity contribution in [3.05, 3.63) is 35.4 Å². The zero-order valence-corrected chi connectivity index (χ0v) is 12.2. The molecule has 0 aromatic heterocycles. The Morgan fingerprint density at radius 1 is 1.30 bits per heavy atom. The number of aliphatic hydroxyl groups is 1. The summed E-state index contributed by atoms with van der Waals surface area (Å²) in [5.41, 5.74) is 0.899. The van der Waals surface area contributed by atoms with Crippen molar-refractivity contribution < 1.29 is 13.9 Å². The number of likely N-dealkylation sites (tertiary alicyclic amines) is 1. The molecule has 20 heavy (non-hydrogen) atoms. The second kappa shape index (κ2) is 6.19. The molecule has 4 heteroatoms. The van der Waals surface area contributed by atoms with Crippen LogP contribution in [0.4, 0.5) is 8.78 Å². The molecule has 0 amide bonds. The molecule has 1 aromatic rings. The van der Waals surface area contributed by atoms with E-state index in [1.807, 2.05) is 0 Å². The fourth-order valence-electron chi connectivity index (χ4n) is 2.99. The molecule has 1 fully saturated rings. The highest BCUT2D eigenvalue weighted by Gasteiger charge is 2.28. The predicted octanol–water partition coefficient (Wildman–Crippen LogP) is 2.99. The highest BCUT2D eigenvalue weighted by atomic mass is 19.2. The van der Waals surface area contributed by atoms with Crippen molar-refractivity contribution in [3.8, 4) is 0 Å². The van der Waals surface area contributed by atoms with Crippen molar-refractivity contribution in [2.24, 2.45) is 5.41 Å². The van der Waals surface area contributed by atoms with E-state index in [9.17, 15) is 13.9 Å². The van der Waals surface area contributed by atoms with Gasteiger partial charge in [-0.3, -0.25) is 0 Å². The van der Waals surface area contributed by atoms with Gasteiger partial charge < -0.3 is 10.0 Å². The lowest BCUT2D eigenvalue weighted by Gasteiger charge is -2.29. The zero-order chi connectivity index (χ0) is 14.8. The number of rotatable bonds is 3. The standard InChI is InChI=1S/C16H23F2NO/c1-16(2)10-13(20)6-8-19(11-16)7-5-12-3-4-14(17)15(18)9-12/h3-4,9,13,20H,5-8,10-11H2,1-2H3. The number of benzene rings is 1. The van der Waals surface area contributed by atoms with E-state index in [2.05, 4.69) is 18.7 Å². The summed E-state index contributed by atoms with van der Waals surface area (Å²) in [7, 11) is 0. The predicted molar refractivity (Wildman–Crippen MR) is 75.5 cm³/mol. The molecule has 0 bridgehead atoms. The Kier molecular flexibility index (Phi) is 4.76. The van der Waals surface area contributed by atoms with Gasteiger partial charge in [-0.25, -0.2) is 8.78 Å². The highest BCUT2D eigenvalue weighted by molar-refractivity contribution is 5.18. The van der Waals surface area contributed by atoms with Crippen LogP contribution in [0.25, 0.3) is 0 Å². The second-order valence-electron chi connectivity index (χ2n) is 6.59. The van der Waals surface area contributed by atoms with E-state index < -0.39 is 11.6 Å². The zero-order valence-electron chi connectivity index (χ0n) is 12.2. The van der Waals surface area contributed by atoms with E-state index in [4.69, 9.17) is 0 Å². The van der Waals surface area contributed by atoms with E-state index in [1.54, 1.807) is 6.07 Å². The Morgan fingerprint density at radius 2 is 2.05 bits per heavy atom. The molecule has 1 unspecified atom stereocenters. The van der Waals surface area contributed by atoms with Crippen molar-refractivity contribution in [1.29, 1.82) is 0 Å². The van der Waals surface area contributed by atoms with Gasteiger partial charge >= 0.3 is 0 Å². The first kappa shape index (κ1) is 15.4. The number of aliphatic hydroxyl groups excluding tert-OH is 1. The minimum Gasteiger partial charge on any atom is -0.393 e. The molecule has 0 saturated carbocycles. The van der Waals surface area contributed by atoms with E-state index in [0.717, 1.165) is 38.0 Å². The van der Waals surface area contributed by atoms with Crippen LogP contribution in [0.2, 0.25) is 0 Å². The molecule has 2 rings (SSSR count). The lowest BCUT2D eigenvalue weighted by Crippen LogP contribution is -2.34. The monoisotopic (exact) mass is 283 g/mol. The molecule has 2 nitrogen and oxygen atoms in total. The second-order valence-corrected chi connectivity index (χ2v) is 6.59. The van der Waals surface area contributed by atoms with E-state index in [0.29, 0.717) is 6.42 Å². The van der Waals surface area contributed by atoms with Crippen molar-refractivity contribution in [1.82, 2.24) is 4.90 Å². The summed E-state index contributed by atoms with van der Waals surface area (Å²) >= 11 is 0. The molecular weight excluding hydrogens is 260 g/mol. The lowest BCUT2D eigenvalue weighted by atomic mass is 9.87. The van der Waals surface area contributed by atoms with E-state index in [-0.39, 0.29) is 11.5 Å². The summed E-state index contributed by atoms with van der Waals surface area (Å²) in [6, 6.07) is 4.09. The van der Waals surface area contributed by atoms with Gasteiger partial charge in [-0.15, -0.1) is 0 Å². The van der Waals surface area contributed by atoms with Crippen molar-refractivity contribution in [2.45, 2.75) is 39.2 Å². The molecule has 1 saturated heterocycles. The molecule has 112 valence electrons. The Hall–Kier alpha value is -1.00. The smallest absolute Gasteiger partial charge is 0.159 e. The van der Waals surface area contributed by atoms with Crippen LogP contribution in [0, 0.1) is 17.0 Å². The molecule has 0 radical (unpaired) electrons. The van der Waals surface area contributed by atoms with Gasteiger partial charge in [-0.05, 0) is 42.4 Å². The molecule has 0 spiro atoms. The van der Waals surface area contributed by atoms with E-state index in [1.165, 1.54) is 12.1 Å². The first-order valence-electron chi connectivity index (χ1n) is 7.20. The summed E-state index contributed by atoms with van der Waals surface area (Å²) < 4.78 is 26.0. The fourth-order valence-corrected chi connectivity index (χ4v) is 2.99. The summed E-state index contributed by atoms with van der Waals surface area (Å²) in [4.78, 5) is 2.30. The first-order chi connectivity index (χ1) is 9.35. The fraction of sp³-hybridized carbons (Fsp3) is 0.625. The van der Waals surface area contributed by atoms with Crippen molar-refractivity contribution >= 4 is 0 Å². The lowest BCUT2D eigenvalue weighted by molar-refractivity contribution is 0.121. The van der Waals surface area contributed by atoms with Crippen molar-refractivity contribution in [3.63, 3.8) is 0 Å². The van der Waals surface area contributed by atoms with Gasteiger partial charge in [0.05, 0.1) is 6.10 Å². The van der Waals surface area contributed by atoms with Gasteiger partial charge in [0.1, 0.15) is 0 Å². The van der Waals surface area contributed by atoms with Crippen LogP contribution in [0.1, 0.15) is 32.3 Å². The number of nitrogens with zero attached hydrogens (tertiary/aromatic N) is 1. The molecular formula is C16H23F2NO. The summed E-state index contributed by atoms with van der Waals surface area (Å²) in [5.74, 6) is -1.58. The summed E-state index contributed by atoms with van der Waals surface area (Å²) in [6.45, 7) is 6.90. The molecule has 1 heterocycles. The quantitative estimate of drug-likeness (QED) is 0.922. The summed E-state index contributed by atoms with van der Waals surface area (Å²) in [5, 5.41) is 9.88. The third kappa shape index (κ3) is 4.25. The van der Waals surface area contributed by atoms with Crippen LogP contribution in [0.3, 0.4) is 0 Å². The van der Waals surface area contributed by atoms with Crippen LogP contribution >= 0.6 is 0 Å². The topological polar surface area (TPSA) is 23.5 Å². The van der Waals surface area contributed by atoms with Gasteiger partial charge in [0.25, 0.3) is 0 Å². The van der Waals surface area contributed by atoms with Gasteiger partial charge in [-0.1, -0.05) is 19.9 Å². The third-order valence-corrected chi connectivity index (χ3v) is 3.92. The highest BCUT2D eigenvalue weighted by Crippen LogP contribution is 2.28. The Morgan fingerprint density at radius 3 is 2.75 bits per heavy atom. The maximum Gasteiger partial charge on any atom is 0.159 e. The van der Waals surface area contributed by atoms with Crippen LogP contribution in [0.5, 0.6) is 0 Å². The third-order valence-electron chi connectivity index (χ3n) is 3.92. The maximum absolute atomic E-state index is 13.2. The molecule has 1 N–H and O–H groups in total. The van der Waals surface area contributed by atoms with Gasteiger partial charge in [-0.2, -0.15) is 0 Å². The molecule has 1 atom stereocenters. The van der Waals surface area contributed by atoms with Crippen LogP contribution in [-0.4, -0.2) is 35.7 Å². The number of hydrogen-bond acceptors (Lipinski definition) is 2. The van der Waals surface area contributed by atoms with Gasteiger partial charge in [0.15, 0.2) is 11.6 Å². The minimum atomic E-state index is -0.798. The Labute approximate surface area is 119 Å². The largest absolute Gasteiger partial charge is 0.393 e.